The zero-order chi connectivity index (χ0) is 22.1. The van der Waals surface area contributed by atoms with E-state index >= 15 is 0 Å². The van der Waals surface area contributed by atoms with Gasteiger partial charge in [0.15, 0.2) is 5.78 Å². The number of anilines is 2. The molecular weight excluding hydrogens is 422 g/mol. The topological polar surface area (TPSA) is 61.4 Å². The minimum Gasteiger partial charge on any atom is -0.357 e. The zero-order valence-electron chi connectivity index (χ0n) is 18.1. The number of nitrogens with one attached hydrogen (secondary N) is 2. The Morgan fingerprint density at radius 2 is 1.72 bits per heavy atom. The Morgan fingerprint density at radius 1 is 0.969 bits per heavy atom. The van der Waals surface area contributed by atoms with Crippen molar-refractivity contribution in [1.82, 2.24) is 5.32 Å². The summed E-state index contributed by atoms with van der Waals surface area (Å²) < 4.78 is 0. The summed E-state index contributed by atoms with van der Waals surface area (Å²) in [6, 6.07) is 14.8. The van der Waals surface area contributed by atoms with Crippen LogP contribution in [0.4, 0.5) is 16.2 Å². The third kappa shape index (κ3) is 4.02. The molecule has 166 valence electrons. The first-order valence-electron chi connectivity index (χ1n) is 11.6. The molecule has 2 amide bonds. The van der Waals surface area contributed by atoms with E-state index in [9.17, 15) is 9.59 Å². The van der Waals surface area contributed by atoms with Gasteiger partial charge >= 0.3 is 6.03 Å². The quantitative estimate of drug-likeness (QED) is 0.560. The van der Waals surface area contributed by atoms with Gasteiger partial charge in [0.1, 0.15) is 0 Å². The Kier molecular flexibility index (Phi) is 5.92. The van der Waals surface area contributed by atoms with Gasteiger partial charge in [-0.3, -0.25) is 9.69 Å². The van der Waals surface area contributed by atoms with Gasteiger partial charge in [-0.2, -0.15) is 0 Å². The maximum absolute atomic E-state index is 13.8. The Hall–Kier alpha value is -2.79. The molecule has 2 aromatic rings. The Balaban J connectivity index is 1.65. The second kappa shape index (κ2) is 8.99. The molecule has 0 radical (unpaired) electrons. The highest BCUT2D eigenvalue weighted by atomic mass is 35.5. The number of amides is 2. The van der Waals surface area contributed by atoms with Gasteiger partial charge in [-0.1, -0.05) is 55.1 Å². The van der Waals surface area contributed by atoms with E-state index in [1.165, 1.54) is 6.42 Å². The number of rotatable bonds is 2. The first kappa shape index (κ1) is 21.1. The Morgan fingerprint density at radius 3 is 2.50 bits per heavy atom. The van der Waals surface area contributed by atoms with Crippen LogP contribution in [0.25, 0.3) is 0 Å². The SMILES string of the molecule is O=C1CCCC2=C1C(c1ccc(Cl)cc1)N(C(=O)NC1CCCCC1)c1ccccc1N2. The smallest absolute Gasteiger partial charge is 0.323 e. The van der Waals surface area contributed by atoms with E-state index in [1.807, 2.05) is 48.5 Å². The minimum atomic E-state index is -0.505. The molecule has 1 atom stereocenters. The normalized spacial score (nSPS) is 21.3. The molecule has 1 aliphatic heterocycles. The van der Waals surface area contributed by atoms with Crippen molar-refractivity contribution in [3.05, 3.63) is 70.4 Å². The molecule has 2 aliphatic carbocycles. The Labute approximate surface area is 193 Å². The molecule has 0 aromatic heterocycles. The highest BCUT2D eigenvalue weighted by molar-refractivity contribution is 6.30. The molecule has 0 bridgehead atoms. The molecule has 6 heteroatoms. The largest absolute Gasteiger partial charge is 0.357 e. The van der Waals surface area contributed by atoms with E-state index in [1.54, 1.807) is 4.90 Å². The maximum atomic E-state index is 13.8. The van der Waals surface area contributed by atoms with Crippen LogP contribution in [0.15, 0.2) is 59.8 Å². The minimum absolute atomic E-state index is 0.0990. The van der Waals surface area contributed by atoms with Crippen LogP contribution >= 0.6 is 11.6 Å². The average molecular weight is 450 g/mol. The number of fused-ring (bicyclic) bond motifs is 1. The third-order valence-electron chi connectivity index (χ3n) is 6.77. The van der Waals surface area contributed by atoms with Crippen LogP contribution in [0, 0.1) is 0 Å². The van der Waals surface area contributed by atoms with Crippen molar-refractivity contribution in [2.45, 2.75) is 63.5 Å². The molecule has 1 saturated carbocycles. The van der Waals surface area contributed by atoms with Gasteiger partial charge < -0.3 is 10.6 Å². The molecule has 2 N–H and O–H groups in total. The van der Waals surface area contributed by atoms with E-state index in [2.05, 4.69) is 10.6 Å². The van der Waals surface area contributed by atoms with Gasteiger partial charge in [0.05, 0.1) is 17.4 Å². The predicted molar refractivity (Wildman–Crippen MR) is 128 cm³/mol. The van der Waals surface area contributed by atoms with E-state index in [0.717, 1.165) is 61.2 Å². The summed E-state index contributed by atoms with van der Waals surface area (Å²) >= 11 is 6.17. The van der Waals surface area contributed by atoms with Gasteiger partial charge in [-0.05, 0) is 55.5 Å². The average Bonchev–Trinajstić information content (AvgIpc) is 2.95. The lowest BCUT2D eigenvalue weighted by atomic mass is 9.86. The van der Waals surface area contributed by atoms with Gasteiger partial charge in [0, 0.05) is 28.8 Å². The summed E-state index contributed by atoms with van der Waals surface area (Å²) in [7, 11) is 0. The number of para-hydroxylation sites is 2. The summed E-state index contributed by atoms with van der Waals surface area (Å²) in [5, 5.41) is 7.41. The first-order chi connectivity index (χ1) is 15.6. The monoisotopic (exact) mass is 449 g/mol. The van der Waals surface area contributed by atoms with Crippen LogP contribution in [0.5, 0.6) is 0 Å². The molecule has 5 rings (SSSR count). The summed E-state index contributed by atoms with van der Waals surface area (Å²) in [6.45, 7) is 0. The van der Waals surface area contributed by atoms with E-state index in [0.29, 0.717) is 17.0 Å². The molecular formula is C26H28ClN3O2. The fourth-order valence-electron chi connectivity index (χ4n) is 5.21. The van der Waals surface area contributed by atoms with Crippen molar-refractivity contribution in [2.24, 2.45) is 0 Å². The molecule has 0 spiro atoms. The number of allylic oxidation sites excluding steroid dienone is 1. The van der Waals surface area contributed by atoms with Crippen molar-refractivity contribution in [3.8, 4) is 0 Å². The summed E-state index contributed by atoms with van der Waals surface area (Å²) in [5.41, 5.74) is 4.12. The third-order valence-corrected chi connectivity index (χ3v) is 7.03. The number of halogens is 1. The van der Waals surface area contributed by atoms with Crippen molar-refractivity contribution in [3.63, 3.8) is 0 Å². The lowest BCUT2D eigenvalue weighted by Crippen LogP contribution is -2.48. The number of carbonyl (C=O) groups excluding carboxylic acids is 2. The number of ketones is 1. The number of Topliss-reactive ketones (excluding diaryl/α,β-unsaturated/α-hetero) is 1. The van der Waals surface area contributed by atoms with Crippen molar-refractivity contribution in [2.75, 3.05) is 10.2 Å². The van der Waals surface area contributed by atoms with Crippen LogP contribution in [-0.2, 0) is 4.79 Å². The van der Waals surface area contributed by atoms with E-state index in [-0.39, 0.29) is 17.9 Å². The number of urea groups is 1. The second-order valence-electron chi connectivity index (χ2n) is 8.92. The number of carbonyl (C=O) groups is 2. The number of benzene rings is 2. The molecule has 2 aromatic carbocycles. The molecule has 3 aliphatic rings. The lowest BCUT2D eigenvalue weighted by molar-refractivity contribution is -0.116. The van der Waals surface area contributed by atoms with Crippen LogP contribution in [0.1, 0.15) is 63.0 Å². The van der Waals surface area contributed by atoms with Crippen molar-refractivity contribution < 1.29 is 9.59 Å². The van der Waals surface area contributed by atoms with Gasteiger partial charge in [0.25, 0.3) is 0 Å². The number of hydrogen-bond acceptors (Lipinski definition) is 3. The van der Waals surface area contributed by atoms with E-state index in [4.69, 9.17) is 11.6 Å². The number of hydrogen-bond donors (Lipinski definition) is 2. The number of nitrogens with zero attached hydrogens (tertiary/aromatic N) is 1. The highest BCUT2D eigenvalue weighted by Crippen LogP contribution is 2.45. The molecule has 1 unspecified atom stereocenters. The molecule has 5 nitrogen and oxygen atoms in total. The highest BCUT2D eigenvalue weighted by Gasteiger charge is 2.40. The van der Waals surface area contributed by atoms with Crippen molar-refractivity contribution >= 4 is 34.8 Å². The predicted octanol–water partition coefficient (Wildman–Crippen LogP) is 6.36. The van der Waals surface area contributed by atoms with Crippen molar-refractivity contribution in [1.29, 1.82) is 0 Å². The van der Waals surface area contributed by atoms with Crippen LogP contribution in [-0.4, -0.2) is 17.9 Å². The molecule has 1 fully saturated rings. The molecule has 0 saturated heterocycles. The van der Waals surface area contributed by atoms with Crippen LogP contribution < -0.4 is 15.5 Å². The standard InChI is InChI=1S/C26H28ClN3O2/c27-18-15-13-17(14-16-18)25-24-21(10-6-12-23(24)31)29-20-9-4-5-11-22(20)30(25)26(32)28-19-7-2-1-3-8-19/h4-5,9,11,13-16,19,25,29H,1-3,6-8,10,12H2,(H,28,32). The zero-order valence-corrected chi connectivity index (χ0v) is 18.8. The first-order valence-corrected chi connectivity index (χ1v) is 12.0. The molecule has 1 heterocycles. The summed E-state index contributed by atoms with van der Waals surface area (Å²) in [6.07, 6.45) is 7.59. The maximum Gasteiger partial charge on any atom is 0.323 e. The second-order valence-corrected chi connectivity index (χ2v) is 9.36. The fourth-order valence-corrected chi connectivity index (χ4v) is 5.34. The molecule has 32 heavy (non-hydrogen) atoms. The fraction of sp³-hybridized carbons (Fsp3) is 0.385. The summed E-state index contributed by atoms with van der Waals surface area (Å²) in [4.78, 5) is 28.9. The summed E-state index contributed by atoms with van der Waals surface area (Å²) in [5.74, 6) is 0.0990. The van der Waals surface area contributed by atoms with Crippen LogP contribution in [0.2, 0.25) is 5.02 Å². The van der Waals surface area contributed by atoms with Gasteiger partial charge in [-0.15, -0.1) is 0 Å². The van der Waals surface area contributed by atoms with E-state index < -0.39 is 6.04 Å². The Bertz CT molecular complexity index is 1060. The lowest BCUT2D eigenvalue weighted by Gasteiger charge is -2.35. The van der Waals surface area contributed by atoms with Gasteiger partial charge in [0.2, 0.25) is 0 Å². The van der Waals surface area contributed by atoms with Gasteiger partial charge in [-0.25, -0.2) is 4.79 Å². The van der Waals surface area contributed by atoms with Crippen LogP contribution in [0.3, 0.4) is 0 Å².